The van der Waals surface area contributed by atoms with Gasteiger partial charge in [0.15, 0.2) is 0 Å². The maximum absolute atomic E-state index is 13.0. The summed E-state index contributed by atoms with van der Waals surface area (Å²) in [6, 6.07) is 13.7. The van der Waals surface area contributed by atoms with Crippen molar-refractivity contribution >= 4 is 46.3 Å². The molecule has 0 unspecified atom stereocenters. The van der Waals surface area contributed by atoms with Gasteiger partial charge in [-0.2, -0.15) is 0 Å². The van der Waals surface area contributed by atoms with Crippen molar-refractivity contribution in [2.45, 2.75) is 20.8 Å². The lowest BCUT2D eigenvalue weighted by atomic mass is 10.0. The van der Waals surface area contributed by atoms with Crippen LogP contribution < -0.4 is 10.6 Å². The summed E-state index contributed by atoms with van der Waals surface area (Å²) in [5.74, 6) is -0.715. The average molecular weight is 412 g/mol. The number of benzene rings is 2. The molecule has 0 saturated carbocycles. The molecule has 0 spiro atoms. The first-order chi connectivity index (χ1) is 13.8. The lowest BCUT2D eigenvalue weighted by molar-refractivity contribution is -0.137. The summed E-state index contributed by atoms with van der Waals surface area (Å²) in [6.07, 6.45) is 0. The summed E-state index contributed by atoms with van der Waals surface area (Å²) in [4.78, 5) is 38.5. The SMILES string of the molecule is CC(=O)Nc1ccc(NC2=C(c3ccc(Cl)cc3)C(=O)N(CC(C)C)C2=O)cc1. The quantitative estimate of drug-likeness (QED) is 0.700. The summed E-state index contributed by atoms with van der Waals surface area (Å²) in [7, 11) is 0. The van der Waals surface area contributed by atoms with Gasteiger partial charge in [0.05, 0.1) is 5.57 Å². The van der Waals surface area contributed by atoms with Gasteiger partial charge in [-0.3, -0.25) is 19.3 Å². The summed E-state index contributed by atoms with van der Waals surface area (Å²) in [5.41, 5.74) is 2.44. The lowest BCUT2D eigenvalue weighted by Crippen LogP contribution is -2.35. The Bertz CT molecular complexity index is 979. The third-order valence-corrected chi connectivity index (χ3v) is 4.58. The van der Waals surface area contributed by atoms with Gasteiger partial charge < -0.3 is 10.6 Å². The summed E-state index contributed by atoms with van der Waals surface area (Å²) < 4.78 is 0. The Morgan fingerprint density at radius 2 is 1.55 bits per heavy atom. The summed E-state index contributed by atoms with van der Waals surface area (Å²) in [6.45, 7) is 5.67. The van der Waals surface area contributed by atoms with E-state index in [1.807, 2.05) is 13.8 Å². The van der Waals surface area contributed by atoms with Crippen molar-refractivity contribution in [3.63, 3.8) is 0 Å². The molecule has 0 aliphatic carbocycles. The first-order valence-corrected chi connectivity index (χ1v) is 9.65. The van der Waals surface area contributed by atoms with Gasteiger partial charge in [-0.05, 0) is 47.9 Å². The molecule has 2 aromatic carbocycles. The number of hydrogen-bond acceptors (Lipinski definition) is 4. The molecule has 29 heavy (non-hydrogen) atoms. The molecule has 3 rings (SSSR count). The molecule has 1 heterocycles. The Morgan fingerprint density at radius 1 is 0.966 bits per heavy atom. The highest BCUT2D eigenvalue weighted by Crippen LogP contribution is 2.31. The number of rotatable bonds is 6. The minimum absolute atomic E-state index is 0.144. The van der Waals surface area contributed by atoms with Crippen LogP contribution in [0.1, 0.15) is 26.3 Å². The van der Waals surface area contributed by atoms with Gasteiger partial charge >= 0.3 is 0 Å². The second-order valence-electron chi connectivity index (χ2n) is 7.26. The zero-order valence-electron chi connectivity index (χ0n) is 16.5. The highest BCUT2D eigenvalue weighted by molar-refractivity contribution is 6.36. The van der Waals surface area contributed by atoms with Crippen molar-refractivity contribution in [3.05, 3.63) is 64.8 Å². The molecular formula is C22H22ClN3O3. The van der Waals surface area contributed by atoms with E-state index in [9.17, 15) is 14.4 Å². The van der Waals surface area contributed by atoms with Crippen LogP contribution in [-0.2, 0) is 14.4 Å². The lowest BCUT2D eigenvalue weighted by Gasteiger charge is -2.17. The van der Waals surface area contributed by atoms with Crippen LogP contribution in [0.25, 0.3) is 5.57 Å². The Balaban J connectivity index is 1.97. The highest BCUT2D eigenvalue weighted by Gasteiger charge is 2.39. The Labute approximate surface area is 174 Å². The number of halogens is 1. The van der Waals surface area contributed by atoms with Gasteiger partial charge in [0, 0.05) is 29.9 Å². The Kier molecular flexibility index (Phi) is 6.03. The molecule has 7 heteroatoms. The molecule has 2 N–H and O–H groups in total. The summed E-state index contributed by atoms with van der Waals surface area (Å²) >= 11 is 5.97. The molecule has 2 aromatic rings. The topological polar surface area (TPSA) is 78.5 Å². The smallest absolute Gasteiger partial charge is 0.278 e. The van der Waals surface area contributed by atoms with E-state index >= 15 is 0 Å². The third kappa shape index (κ3) is 4.66. The number of nitrogens with zero attached hydrogens (tertiary/aromatic N) is 1. The number of amides is 3. The van der Waals surface area contributed by atoms with Crippen LogP contribution in [0.4, 0.5) is 11.4 Å². The van der Waals surface area contributed by atoms with Crippen LogP contribution in [-0.4, -0.2) is 29.2 Å². The molecule has 0 aromatic heterocycles. The molecule has 0 bridgehead atoms. The largest absolute Gasteiger partial charge is 0.350 e. The first kappa shape index (κ1) is 20.6. The monoisotopic (exact) mass is 411 g/mol. The second kappa shape index (κ2) is 8.49. The van der Waals surface area contributed by atoms with Gasteiger partial charge in [-0.25, -0.2) is 0 Å². The number of carbonyl (C=O) groups is 3. The average Bonchev–Trinajstić information content (AvgIpc) is 2.88. The predicted octanol–water partition coefficient (Wildman–Crippen LogP) is 4.15. The summed E-state index contributed by atoms with van der Waals surface area (Å²) in [5, 5.41) is 6.33. The fourth-order valence-corrected chi connectivity index (χ4v) is 3.22. The number of imide groups is 1. The van der Waals surface area contributed by atoms with Crippen molar-refractivity contribution in [3.8, 4) is 0 Å². The van der Waals surface area contributed by atoms with E-state index in [1.54, 1.807) is 48.5 Å². The molecular weight excluding hydrogens is 390 g/mol. The van der Waals surface area contributed by atoms with Gasteiger partial charge in [0.1, 0.15) is 5.70 Å². The second-order valence-corrected chi connectivity index (χ2v) is 7.69. The van der Waals surface area contributed by atoms with E-state index in [4.69, 9.17) is 11.6 Å². The molecule has 0 atom stereocenters. The van der Waals surface area contributed by atoms with Crippen molar-refractivity contribution in [1.29, 1.82) is 0 Å². The van der Waals surface area contributed by atoms with Crippen LogP contribution in [0.3, 0.4) is 0 Å². The standard InChI is InChI=1S/C22H22ClN3O3/c1-13(2)12-26-21(28)19(15-4-6-16(23)7-5-15)20(22(26)29)25-18-10-8-17(9-11-18)24-14(3)27/h4-11,13,25H,12H2,1-3H3,(H,24,27). The molecule has 150 valence electrons. The molecule has 3 amide bonds. The minimum atomic E-state index is -0.361. The highest BCUT2D eigenvalue weighted by atomic mass is 35.5. The van der Waals surface area contributed by atoms with Crippen LogP contribution in [0, 0.1) is 5.92 Å². The molecule has 0 radical (unpaired) electrons. The van der Waals surface area contributed by atoms with E-state index in [-0.39, 0.29) is 29.3 Å². The zero-order chi connectivity index (χ0) is 21.1. The van der Waals surface area contributed by atoms with Gasteiger partial charge in [-0.1, -0.05) is 37.6 Å². The molecule has 1 aliphatic heterocycles. The van der Waals surface area contributed by atoms with Crippen LogP contribution in [0.2, 0.25) is 5.02 Å². The maximum atomic E-state index is 13.0. The molecule has 0 fully saturated rings. The molecule has 1 aliphatic rings. The minimum Gasteiger partial charge on any atom is -0.350 e. The predicted molar refractivity (Wildman–Crippen MR) is 114 cm³/mol. The molecule has 6 nitrogen and oxygen atoms in total. The number of hydrogen-bond donors (Lipinski definition) is 2. The van der Waals surface area contributed by atoms with Crippen LogP contribution in [0.5, 0.6) is 0 Å². The van der Waals surface area contributed by atoms with Gasteiger partial charge in [0.25, 0.3) is 11.8 Å². The van der Waals surface area contributed by atoms with Crippen LogP contribution >= 0.6 is 11.6 Å². The Morgan fingerprint density at radius 3 is 2.10 bits per heavy atom. The number of carbonyl (C=O) groups excluding carboxylic acids is 3. The van der Waals surface area contributed by atoms with E-state index in [2.05, 4.69) is 10.6 Å². The Hall–Kier alpha value is -3.12. The van der Waals surface area contributed by atoms with E-state index in [0.717, 1.165) is 0 Å². The third-order valence-electron chi connectivity index (χ3n) is 4.32. The van der Waals surface area contributed by atoms with Gasteiger partial charge in [0.2, 0.25) is 5.91 Å². The fourth-order valence-electron chi connectivity index (χ4n) is 3.09. The normalized spacial score (nSPS) is 14.0. The number of nitrogens with one attached hydrogen (secondary N) is 2. The van der Waals surface area contributed by atoms with E-state index in [0.29, 0.717) is 34.1 Å². The van der Waals surface area contributed by atoms with E-state index in [1.165, 1.54) is 11.8 Å². The zero-order valence-corrected chi connectivity index (χ0v) is 17.2. The van der Waals surface area contributed by atoms with Crippen molar-refractivity contribution in [2.24, 2.45) is 5.92 Å². The van der Waals surface area contributed by atoms with Crippen LogP contribution in [0.15, 0.2) is 54.2 Å². The van der Waals surface area contributed by atoms with Crippen molar-refractivity contribution in [2.75, 3.05) is 17.2 Å². The number of anilines is 2. The first-order valence-electron chi connectivity index (χ1n) is 9.27. The maximum Gasteiger partial charge on any atom is 0.278 e. The fraction of sp³-hybridized carbons (Fsp3) is 0.227. The van der Waals surface area contributed by atoms with Gasteiger partial charge in [-0.15, -0.1) is 0 Å². The van der Waals surface area contributed by atoms with Crippen molar-refractivity contribution < 1.29 is 14.4 Å². The molecule has 0 saturated heterocycles. The van der Waals surface area contributed by atoms with Crippen molar-refractivity contribution in [1.82, 2.24) is 4.90 Å². The van der Waals surface area contributed by atoms with E-state index < -0.39 is 0 Å².